The molecule has 2 heteroatoms. The van der Waals surface area contributed by atoms with Crippen LogP contribution in [0, 0.1) is 0 Å². The zero-order valence-electron chi connectivity index (χ0n) is 10.6. The molecule has 2 N–H and O–H groups in total. The maximum absolute atomic E-state index is 13.2. The van der Waals surface area contributed by atoms with Gasteiger partial charge in [-0.15, -0.1) is 0 Å². The molecule has 1 nitrogen and oxygen atoms in total. The van der Waals surface area contributed by atoms with Crippen LogP contribution in [0.2, 0.25) is 0 Å². The second-order valence-corrected chi connectivity index (χ2v) is 5.28. The molecule has 0 radical (unpaired) electrons. The highest BCUT2D eigenvalue weighted by Gasteiger charge is 2.32. The summed E-state index contributed by atoms with van der Waals surface area (Å²) in [4.78, 5) is 0. The minimum absolute atomic E-state index is 0.149. The van der Waals surface area contributed by atoms with Gasteiger partial charge in [-0.1, -0.05) is 43.5 Å². The van der Waals surface area contributed by atoms with Crippen molar-refractivity contribution >= 4 is 0 Å². The number of benzene rings is 1. The van der Waals surface area contributed by atoms with Gasteiger partial charge in [-0.2, -0.15) is 0 Å². The Labute approximate surface area is 103 Å². The van der Waals surface area contributed by atoms with Crippen LogP contribution in [0.4, 0.5) is 4.39 Å². The first-order valence-electron chi connectivity index (χ1n) is 6.62. The molecule has 1 aromatic rings. The average Bonchev–Trinajstić information content (AvgIpc) is 2.39. The lowest BCUT2D eigenvalue weighted by molar-refractivity contribution is 0.300. The van der Waals surface area contributed by atoms with E-state index in [4.69, 9.17) is 5.73 Å². The Balaban J connectivity index is 2.24. The molecule has 0 aromatic heterocycles. The molecule has 1 saturated carbocycles. The second-order valence-electron chi connectivity index (χ2n) is 5.28. The Morgan fingerprint density at radius 2 is 1.76 bits per heavy atom. The van der Waals surface area contributed by atoms with E-state index in [9.17, 15) is 4.39 Å². The summed E-state index contributed by atoms with van der Waals surface area (Å²) in [7, 11) is 0. The van der Waals surface area contributed by atoms with E-state index < -0.39 is 6.17 Å². The molecule has 0 bridgehead atoms. The zero-order chi connectivity index (χ0) is 12.3. The summed E-state index contributed by atoms with van der Waals surface area (Å²) in [5, 5.41) is 0. The van der Waals surface area contributed by atoms with Gasteiger partial charge in [-0.3, -0.25) is 0 Å². The molecule has 1 aromatic carbocycles. The molecule has 0 amide bonds. The average molecular weight is 235 g/mol. The van der Waals surface area contributed by atoms with Crippen LogP contribution in [-0.2, 0) is 5.41 Å². The van der Waals surface area contributed by atoms with Gasteiger partial charge in [0.05, 0.1) is 0 Å². The number of hydrogen-bond acceptors (Lipinski definition) is 1. The van der Waals surface area contributed by atoms with Crippen molar-refractivity contribution in [1.82, 2.24) is 0 Å². The number of halogens is 1. The fourth-order valence-corrected chi connectivity index (χ4v) is 2.94. The monoisotopic (exact) mass is 235 g/mol. The predicted molar refractivity (Wildman–Crippen MR) is 69.8 cm³/mol. The molecule has 1 fully saturated rings. The Morgan fingerprint density at radius 3 is 2.24 bits per heavy atom. The Kier molecular flexibility index (Phi) is 3.82. The maximum Gasteiger partial charge on any atom is 0.122 e. The first kappa shape index (κ1) is 12.6. The number of alkyl halides is 1. The Morgan fingerprint density at radius 1 is 1.18 bits per heavy atom. The van der Waals surface area contributed by atoms with Gasteiger partial charge in [-0.05, 0) is 30.9 Å². The molecule has 0 saturated heterocycles. The van der Waals surface area contributed by atoms with E-state index in [-0.39, 0.29) is 5.41 Å². The van der Waals surface area contributed by atoms with Crippen molar-refractivity contribution in [3.8, 4) is 0 Å². The van der Waals surface area contributed by atoms with Crippen LogP contribution in [0.3, 0.4) is 0 Å². The van der Waals surface area contributed by atoms with Gasteiger partial charge >= 0.3 is 0 Å². The highest BCUT2D eigenvalue weighted by molar-refractivity contribution is 5.31. The van der Waals surface area contributed by atoms with E-state index in [0.29, 0.717) is 6.54 Å². The van der Waals surface area contributed by atoms with Crippen molar-refractivity contribution in [1.29, 1.82) is 0 Å². The van der Waals surface area contributed by atoms with Crippen LogP contribution < -0.4 is 5.73 Å². The molecule has 2 rings (SSSR count). The van der Waals surface area contributed by atoms with Gasteiger partial charge in [0.25, 0.3) is 0 Å². The van der Waals surface area contributed by atoms with Gasteiger partial charge in [0.2, 0.25) is 0 Å². The fraction of sp³-hybridized carbons (Fsp3) is 0.600. The van der Waals surface area contributed by atoms with Crippen LogP contribution in [0.5, 0.6) is 0 Å². The van der Waals surface area contributed by atoms with Crippen LogP contribution >= 0.6 is 0 Å². The normalized spacial score (nSPS) is 21.1. The van der Waals surface area contributed by atoms with Crippen LogP contribution in [0.1, 0.15) is 56.3 Å². The lowest BCUT2D eigenvalue weighted by atomic mass is 9.69. The van der Waals surface area contributed by atoms with Crippen molar-refractivity contribution in [2.24, 2.45) is 5.73 Å². The van der Waals surface area contributed by atoms with E-state index in [1.54, 1.807) is 6.92 Å². The lowest BCUT2D eigenvalue weighted by Crippen LogP contribution is -2.37. The third-order valence-electron chi connectivity index (χ3n) is 4.18. The van der Waals surface area contributed by atoms with Crippen molar-refractivity contribution in [3.05, 3.63) is 35.4 Å². The molecule has 0 heterocycles. The third-order valence-corrected chi connectivity index (χ3v) is 4.18. The van der Waals surface area contributed by atoms with Crippen LogP contribution in [-0.4, -0.2) is 6.54 Å². The Bertz CT molecular complexity index is 350. The van der Waals surface area contributed by atoms with E-state index in [1.807, 2.05) is 12.1 Å². The molecule has 1 unspecified atom stereocenters. The molecule has 0 aliphatic heterocycles. The standard InChI is InChI=1S/C15H22FN/c1-12(16)13-5-7-14(8-6-13)15(11-17)9-3-2-4-10-15/h5-8,12H,2-4,9-11,17H2,1H3. The van der Waals surface area contributed by atoms with E-state index >= 15 is 0 Å². The van der Waals surface area contributed by atoms with Crippen molar-refractivity contribution in [2.45, 2.75) is 50.6 Å². The highest BCUT2D eigenvalue weighted by Crippen LogP contribution is 2.38. The molecule has 1 atom stereocenters. The SMILES string of the molecule is CC(F)c1ccc(C2(CN)CCCCC2)cc1. The zero-order valence-corrected chi connectivity index (χ0v) is 10.6. The molecule has 94 valence electrons. The van der Waals surface area contributed by atoms with Crippen LogP contribution in [0.25, 0.3) is 0 Å². The van der Waals surface area contributed by atoms with E-state index in [1.165, 1.54) is 37.7 Å². The lowest BCUT2D eigenvalue weighted by Gasteiger charge is -2.37. The first-order chi connectivity index (χ1) is 8.18. The molecule has 0 spiro atoms. The summed E-state index contributed by atoms with van der Waals surface area (Å²) < 4.78 is 13.2. The number of rotatable bonds is 3. The quantitative estimate of drug-likeness (QED) is 0.845. The summed E-state index contributed by atoms with van der Waals surface area (Å²) in [6.07, 6.45) is 5.31. The summed E-state index contributed by atoms with van der Waals surface area (Å²) in [6.45, 7) is 2.28. The molecule has 1 aliphatic rings. The first-order valence-corrected chi connectivity index (χ1v) is 6.62. The second kappa shape index (κ2) is 5.18. The largest absolute Gasteiger partial charge is 0.330 e. The summed E-state index contributed by atoms with van der Waals surface area (Å²) in [5.41, 5.74) is 8.20. The van der Waals surface area contributed by atoms with Gasteiger partial charge in [0, 0.05) is 12.0 Å². The smallest absolute Gasteiger partial charge is 0.122 e. The third kappa shape index (κ3) is 2.52. The number of nitrogens with two attached hydrogens (primary N) is 1. The molecular weight excluding hydrogens is 213 g/mol. The fourth-order valence-electron chi connectivity index (χ4n) is 2.94. The molecule has 17 heavy (non-hydrogen) atoms. The predicted octanol–water partition coefficient (Wildman–Crippen LogP) is 3.88. The van der Waals surface area contributed by atoms with Gasteiger partial charge in [0.15, 0.2) is 0 Å². The Hall–Kier alpha value is -0.890. The molecular formula is C15H22FN. The van der Waals surface area contributed by atoms with Crippen LogP contribution in [0.15, 0.2) is 24.3 Å². The van der Waals surface area contributed by atoms with E-state index in [2.05, 4.69) is 12.1 Å². The number of hydrogen-bond donors (Lipinski definition) is 1. The van der Waals surface area contributed by atoms with Crippen molar-refractivity contribution in [3.63, 3.8) is 0 Å². The van der Waals surface area contributed by atoms with E-state index in [0.717, 1.165) is 5.56 Å². The van der Waals surface area contributed by atoms with Crippen molar-refractivity contribution < 1.29 is 4.39 Å². The van der Waals surface area contributed by atoms with Crippen molar-refractivity contribution in [2.75, 3.05) is 6.54 Å². The van der Waals surface area contributed by atoms with Gasteiger partial charge in [-0.25, -0.2) is 4.39 Å². The van der Waals surface area contributed by atoms with Gasteiger partial charge < -0.3 is 5.73 Å². The topological polar surface area (TPSA) is 26.0 Å². The highest BCUT2D eigenvalue weighted by atomic mass is 19.1. The minimum Gasteiger partial charge on any atom is -0.330 e. The summed E-state index contributed by atoms with van der Waals surface area (Å²) >= 11 is 0. The maximum atomic E-state index is 13.2. The summed E-state index contributed by atoms with van der Waals surface area (Å²) in [5.74, 6) is 0. The molecule has 1 aliphatic carbocycles. The minimum atomic E-state index is -0.885. The van der Waals surface area contributed by atoms with Gasteiger partial charge in [0.1, 0.15) is 6.17 Å². The summed E-state index contributed by atoms with van der Waals surface area (Å²) in [6, 6.07) is 7.96.